The van der Waals surface area contributed by atoms with Gasteiger partial charge in [0.25, 0.3) is 0 Å². The van der Waals surface area contributed by atoms with Crippen molar-refractivity contribution < 1.29 is 0 Å². The lowest BCUT2D eigenvalue weighted by Gasteiger charge is -2.20. The second kappa shape index (κ2) is 5.34. The molecule has 2 aromatic carbocycles. The van der Waals surface area contributed by atoms with Gasteiger partial charge in [-0.3, -0.25) is 5.84 Å². The van der Waals surface area contributed by atoms with Crippen LogP contribution in [0.15, 0.2) is 42.5 Å². The molecule has 1 unspecified atom stereocenters. The molecular formula is C16H20N2. The lowest BCUT2D eigenvalue weighted by molar-refractivity contribution is 0.633. The molecule has 0 heterocycles. The number of rotatable bonds is 3. The first-order valence-electron chi connectivity index (χ1n) is 6.21. The van der Waals surface area contributed by atoms with E-state index < -0.39 is 0 Å². The van der Waals surface area contributed by atoms with Crippen LogP contribution in [-0.2, 0) is 0 Å². The zero-order valence-corrected chi connectivity index (χ0v) is 11.2. The summed E-state index contributed by atoms with van der Waals surface area (Å²) < 4.78 is 0. The fourth-order valence-electron chi connectivity index (χ4n) is 2.20. The van der Waals surface area contributed by atoms with Crippen LogP contribution in [-0.4, -0.2) is 0 Å². The largest absolute Gasteiger partial charge is 0.271 e. The van der Waals surface area contributed by atoms with Gasteiger partial charge in [-0.25, -0.2) is 5.43 Å². The number of nitrogens with one attached hydrogen (secondary N) is 1. The quantitative estimate of drug-likeness (QED) is 0.639. The highest BCUT2D eigenvalue weighted by atomic mass is 15.2. The molecular weight excluding hydrogens is 220 g/mol. The third-order valence-corrected chi connectivity index (χ3v) is 3.32. The molecule has 0 spiro atoms. The van der Waals surface area contributed by atoms with Gasteiger partial charge in [0.05, 0.1) is 6.04 Å². The van der Waals surface area contributed by atoms with Gasteiger partial charge in [0.2, 0.25) is 0 Å². The first-order valence-corrected chi connectivity index (χ1v) is 6.21. The van der Waals surface area contributed by atoms with Crippen LogP contribution < -0.4 is 11.3 Å². The van der Waals surface area contributed by atoms with Gasteiger partial charge in [0, 0.05) is 0 Å². The van der Waals surface area contributed by atoms with E-state index in [-0.39, 0.29) is 6.04 Å². The molecule has 0 aliphatic heterocycles. The van der Waals surface area contributed by atoms with Gasteiger partial charge in [-0.2, -0.15) is 0 Å². The highest BCUT2D eigenvalue weighted by Gasteiger charge is 2.14. The molecule has 94 valence electrons. The van der Waals surface area contributed by atoms with Crippen molar-refractivity contribution >= 4 is 0 Å². The molecule has 2 aromatic rings. The van der Waals surface area contributed by atoms with Crippen LogP contribution in [0.5, 0.6) is 0 Å². The zero-order chi connectivity index (χ0) is 13.1. The predicted octanol–water partition coefficient (Wildman–Crippen LogP) is 3.16. The van der Waals surface area contributed by atoms with Crippen LogP contribution >= 0.6 is 0 Å². The SMILES string of the molecule is Cc1ccc(C(NN)c2cc(C)ccc2C)cc1. The molecule has 2 rings (SSSR count). The third kappa shape index (κ3) is 2.61. The number of hydrazine groups is 1. The summed E-state index contributed by atoms with van der Waals surface area (Å²) in [5.41, 5.74) is 9.12. The number of aryl methyl sites for hydroxylation is 3. The minimum absolute atomic E-state index is 0.0468. The van der Waals surface area contributed by atoms with Crippen molar-refractivity contribution in [2.75, 3.05) is 0 Å². The van der Waals surface area contributed by atoms with E-state index in [4.69, 9.17) is 5.84 Å². The Kier molecular flexibility index (Phi) is 3.80. The minimum atomic E-state index is 0.0468. The molecule has 0 bridgehead atoms. The van der Waals surface area contributed by atoms with Crippen molar-refractivity contribution in [2.45, 2.75) is 26.8 Å². The lowest BCUT2D eigenvalue weighted by atomic mass is 9.93. The van der Waals surface area contributed by atoms with E-state index in [1.807, 2.05) is 0 Å². The summed E-state index contributed by atoms with van der Waals surface area (Å²) in [4.78, 5) is 0. The van der Waals surface area contributed by atoms with E-state index >= 15 is 0 Å². The van der Waals surface area contributed by atoms with Crippen molar-refractivity contribution in [3.05, 3.63) is 70.3 Å². The Morgan fingerprint density at radius 1 is 0.889 bits per heavy atom. The van der Waals surface area contributed by atoms with E-state index in [0.29, 0.717) is 0 Å². The fraction of sp³-hybridized carbons (Fsp3) is 0.250. The second-order valence-corrected chi connectivity index (χ2v) is 4.87. The Balaban J connectivity index is 2.44. The maximum absolute atomic E-state index is 5.74. The Labute approximate surface area is 109 Å². The maximum atomic E-state index is 5.74. The molecule has 0 aliphatic rings. The normalized spacial score (nSPS) is 12.4. The highest BCUT2D eigenvalue weighted by molar-refractivity contribution is 5.39. The van der Waals surface area contributed by atoms with E-state index in [9.17, 15) is 0 Å². The van der Waals surface area contributed by atoms with E-state index in [1.165, 1.54) is 27.8 Å². The number of nitrogens with two attached hydrogens (primary N) is 1. The van der Waals surface area contributed by atoms with Crippen molar-refractivity contribution in [3.63, 3.8) is 0 Å². The van der Waals surface area contributed by atoms with Gasteiger partial charge in [-0.1, -0.05) is 53.6 Å². The maximum Gasteiger partial charge on any atom is 0.0712 e. The molecule has 0 saturated heterocycles. The molecule has 18 heavy (non-hydrogen) atoms. The average Bonchev–Trinajstić information content (AvgIpc) is 2.37. The average molecular weight is 240 g/mol. The molecule has 2 heteroatoms. The molecule has 1 atom stereocenters. The topological polar surface area (TPSA) is 38.0 Å². The minimum Gasteiger partial charge on any atom is -0.271 e. The van der Waals surface area contributed by atoms with Crippen molar-refractivity contribution in [1.82, 2.24) is 5.43 Å². The van der Waals surface area contributed by atoms with Crippen LogP contribution in [0.1, 0.15) is 33.9 Å². The lowest BCUT2D eigenvalue weighted by Crippen LogP contribution is -2.29. The Morgan fingerprint density at radius 2 is 1.50 bits per heavy atom. The van der Waals surface area contributed by atoms with Gasteiger partial charge in [0.15, 0.2) is 0 Å². The number of hydrogen-bond acceptors (Lipinski definition) is 2. The van der Waals surface area contributed by atoms with Crippen molar-refractivity contribution in [1.29, 1.82) is 0 Å². The molecule has 0 fully saturated rings. The Bertz CT molecular complexity index is 529. The van der Waals surface area contributed by atoms with E-state index in [0.717, 1.165) is 0 Å². The van der Waals surface area contributed by atoms with Crippen LogP contribution in [0.3, 0.4) is 0 Å². The van der Waals surface area contributed by atoms with Crippen molar-refractivity contribution in [2.24, 2.45) is 5.84 Å². The monoisotopic (exact) mass is 240 g/mol. The molecule has 0 aliphatic carbocycles. The van der Waals surface area contributed by atoms with Gasteiger partial charge in [-0.05, 0) is 37.5 Å². The summed E-state index contributed by atoms with van der Waals surface area (Å²) in [7, 11) is 0. The van der Waals surface area contributed by atoms with Crippen LogP contribution in [0.25, 0.3) is 0 Å². The summed E-state index contributed by atoms with van der Waals surface area (Å²) in [5.74, 6) is 5.74. The first-order chi connectivity index (χ1) is 8.61. The Hall–Kier alpha value is -1.64. The van der Waals surface area contributed by atoms with Crippen LogP contribution in [0.2, 0.25) is 0 Å². The Morgan fingerprint density at radius 3 is 2.11 bits per heavy atom. The summed E-state index contributed by atoms with van der Waals surface area (Å²) in [5, 5.41) is 0. The van der Waals surface area contributed by atoms with Crippen LogP contribution in [0, 0.1) is 20.8 Å². The molecule has 2 nitrogen and oxygen atoms in total. The smallest absolute Gasteiger partial charge is 0.0712 e. The van der Waals surface area contributed by atoms with Crippen molar-refractivity contribution in [3.8, 4) is 0 Å². The van der Waals surface area contributed by atoms with E-state index in [1.54, 1.807) is 0 Å². The first kappa shape index (κ1) is 12.8. The van der Waals surface area contributed by atoms with Gasteiger partial charge < -0.3 is 0 Å². The highest BCUT2D eigenvalue weighted by Crippen LogP contribution is 2.25. The summed E-state index contributed by atoms with van der Waals surface area (Å²) in [6, 6.07) is 15.0. The molecule has 0 radical (unpaired) electrons. The summed E-state index contributed by atoms with van der Waals surface area (Å²) >= 11 is 0. The standard InChI is InChI=1S/C16H20N2/c1-11-5-8-14(9-6-11)16(18-17)15-10-12(2)4-7-13(15)3/h4-10,16,18H,17H2,1-3H3. The number of benzene rings is 2. The van der Waals surface area contributed by atoms with E-state index in [2.05, 4.69) is 68.7 Å². The molecule has 3 N–H and O–H groups in total. The van der Waals surface area contributed by atoms with Gasteiger partial charge in [-0.15, -0.1) is 0 Å². The number of hydrogen-bond donors (Lipinski definition) is 2. The fourth-order valence-corrected chi connectivity index (χ4v) is 2.20. The van der Waals surface area contributed by atoms with Gasteiger partial charge >= 0.3 is 0 Å². The predicted molar refractivity (Wildman–Crippen MR) is 76.3 cm³/mol. The third-order valence-electron chi connectivity index (χ3n) is 3.32. The second-order valence-electron chi connectivity index (χ2n) is 4.87. The van der Waals surface area contributed by atoms with Gasteiger partial charge in [0.1, 0.15) is 0 Å². The molecule has 0 aromatic heterocycles. The zero-order valence-electron chi connectivity index (χ0n) is 11.2. The van der Waals surface area contributed by atoms with Crippen LogP contribution in [0.4, 0.5) is 0 Å². The summed E-state index contributed by atoms with van der Waals surface area (Å²) in [6.45, 7) is 6.31. The summed E-state index contributed by atoms with van der Waals surface area (Å²) in [6.07, 6.45) is 0. The molecule has 0 amide bonds. The molecule has 0 saturated carbocycles.